The van der Waals surface area contributed by atoms with Gasteiger partial charge in [0.25, 0.3) is 0 Å². The zero-order valence-corrected chi connectivity index (χ0v) is 19.0. The average Bonchev–Trinajstić information content (AvgIpc) is 3.45. The third-order valence-corrected chi connectivity index (χ3v) is 8.15. The van der Waals surface area contributed by atoms with Crippen LogP contribution in [0.2, 0.25) is 5.15 Å². The van der Waals surface area contributed by atoms with E-state index in [2.05, 4.69) is 14.9 Å². The second-order valence-corrected chi connectivity index (χ2v) is 10.0. The minimum absolute atomic E-state index is 0.0130. The Labute approximate surface area is 195 Å². The van der Waals surface area contributed by atoms with E-state index in [0.29, 0.717) is 30.9 Å². The molecule has 6 rings (SSSR count). The minimum Gasteiger partial charge on any atom is -0.465 e. The third kappa shape index (κ3) is 3.37. The topological polar surface area (TPSA) is 94.9 Å². The van der Waals surface area contributed by atoms with Gasteiger partial charge >= 0.3 is 12.1 Å². The maximum absolute atomic E-state index is 15.0. The monoisotopic (exact) mass is 476 g/mol. The Morgan fingerprint density at radius 2 is 1.91 bits per heavy atom. The summed E-state index contributed by atoms with van der Waals surface area (Å²) in [7, 11) is 0. The molecule has 2 atom stereocenters. The van der Waals surface area contributed by atoms with Crippen molar-refractivity contribution < 1.29 is 19.0 Å². The number of hydrogen-bond donors (Lipinski definition) is 1. The SMILES string of the molecule is O=C(O)N1C2CCC1CN(c1nc(OCC34CCCN3CCC4)nc3c(F)c(Cl)ncc13)C2. The molecule has 0 aromatic carbocycles. The lowest BCUT2D eigenvalue weighted by atomic mass is 9.95. The van der Waals surface area contributed by atoms with Crippen molar-refractivity contribution in [3.8, 4) is 6.01 Å². The number of aromatic nitrogens is 3. The van der Waals surface area contributed by atoms with Crippen LogP contribution in [0.5, 0.6) is 6.01 Å². The first-order valence-electron chi connectivity index (χ1n) is 11.6. The van der Waals surface area contributed by atoms with E-state index < -0.39 is 11.9 Å². The number of anilines is 1. The molecule has 0 saturated carbocycles. The fourth-order valence-electron chi connectivity index (χ4n) is 6.35. The molecule has 2 unspecified atom stereocenters. The summed E-state index contributed by atoms with van der Waals surface area (Å²) in [5.74, 6) is -0.177. The highest BCUT2D eigenvalue weighted by Crippen LogP contribution is 2.40. The first-order valence-corrected chi connectivity index (χ1v) is 12.0. The molecule has 0 radical (unpaired) electrons. The molecule has 0 aliphatic carbocycles. The third-order valence-electron chi connectivity index (χ3n) is 7.88. The molecule has 176 valence electrons. The number of pyridine rings is 1. The Bertz CT molecular complexity index is 1100. The van der Waals surface area contributed by atoms with Gasteiger partial charge in [-0.15, -0.1) is 0 Å². The lowest BCUT2D eigenvalue weighted by Crippen LogP contribution is -2.55. The van der Waals surface area contributed by atoms with Gasteiger partial charge in [-0.05, 0) is 51.6 Å². The van der Waals surface area contributed by atoms with E-state index in [1.54, 1.807) is 4.90 Å². The predicted molar refractivity (Wildman–Crippen MR) is 119 cm³/mol. The molecular formula is C22H26ClFN6O3. The standard InChI is InChI=1S/C22H26ClFN6O3/c23-18-16(24)17-15(9-25-18)19(28-10-13-3-4-14(11-28)30(13)21(31)32)27-20(26-17)33-12-22-5-1-7-29(22)8-2-6-22/h9,13-14H,1-8,10-12H2,(H,31,32). The van der Waals surface area contributed by atoms with Crippen LogP contribution in [-0.2, 0) is 0 Å². The van der Waals surface area contributed by atoms with E-state index in [4.69, 9.17) is 21.3 Å². The van der Waals surface area contributed by atoms with Crippen LogP contribution < -0.4 is 9.64 Å². The zero-order chi connectivity index (χ0) is 22.7. The summed E-state index contributed by atoms with van der Waals surface area (Å²) in [6, 6.07) is -0.116. The molecule has 9 nitrogen and oxygen atoms in total. The normalized spacial score (nSPS) is 26.2. The highest BCUT2D eigenvalue weighted by atomic mass is 35.5. The number of halogens is 2. The lowest BCUT2D eigenvalue weighted by Gasteiger charge is -2.40. The summed E-state index contributed by atoms with van der Waals surface area (Å²) in [4.78, 5) is 30.8. The Kier molecular flexibility index (Phi) is 4.99. The van der Waals surface area contributed by atoms with E-state index in [9.17, 15) is 14.3 Å². The maximum Gasteiger partial charge on any atom is 0.407 e. The quantitative estimate of drug-likeness (QED) is 0.672. The van der Waals surface area contributed by atoms with Crippen molar-refractivity contribution in [1.82, 2.24) is 24.8 Å². The van der Waals surface area contributed by atoms with E-state index in [1.807, 2.05) is 4.90 Å². The van der Waals surface area contributed by atoms with Gasteiger partial charge in [-0.25, -0.2) is 14.2 Å². The smallest absolute Gasteiger partial charge is 0.407 e. The summed E-state index contributed by atoms with van der Waals surface area (Å²) in [6.45, 7) is 3.60. The van der Waals surface area contributed by atoms with Gasteiger partial charge in [-0.1, -0.05) is 11.6 Å². The largest absolute Gasteiger partial charge is 0.465 e. The average molecular weight is 477 g/mol. The van der Waals surface area contributed by atoms with Gasteiger partial charge in [0.1, 0.15) is 17.9 Å². The van der Waals surface area contributed by atoms with Crippen molar-refractivity contribution in [1.29, 1.82) is 0 Å². The molecule has 1 N–H and O–H groups in total. The number of hydrogen-bond acceptors (Lipinski definition) is 7. The highest BCUT2D eigenvalue weighted by Gasteiger charge is 2.46. The van der Waals surface area contributed by atoms with Crippen molar-refractivity contribution >= 4 is 34.4 Å². The van der Waals surface area contributed by atoms with Crippen LogP contribution in [0.15, 0.2) is 6.20 Å². The van der Waals surface area contributed by atoms with E-state index in [1.165, 1.54) is 6.20 Å². The lowest BCUT2D eigenvalue weighted by molar-refractivity contribution is 0.107. The molecule has 4 aliphatic heterocycles. The molecule has 33 heavy (non-hydrogen) atoms. The summed E-state index contributed by atoms with van der Waals surface area (Å²) in [6.07, 6.45) is 6.66. The number of carboxylic acid groups (broad SMARTS) is 1. The first kappa shape index (κ1) is 21.1. The van der Waals surface area contributed by atoms with Crippen LogP contribution in [0.3, 0.4) is 0 Å². The summed E-state index contributed by atoms with van der Waals surface area (Å²) in [5, 5.41) is 9.80. The van der Waals surface area contributed by atoms with Crippen molar-refractivity contribution in [2.45, 2.75) is 56.1 Å². The molecule has 1 amide bonds. The minimum atomic E-state index is -0.893. The van der Waals surface area contributed by atoms with Crippen molar-refractivity contribution in [2.75, 3.05) is 37.7 Å². The van der Waals surface area contributed by atoms with Crippen molar-refractivity contribution in [3.63, 3.8) is 0 Å². The fourth-order valence-corrected chi connectivity index (χ4v) is 6.49. The predicted octanol–water partition coefficient (Wildman–Crippen LogP) is 3.16. The molecular weight excluding hydrogens is 451 g/mol. The summed E-state index contributed by atoms with van der Waals surface area (Å²) < 4.78 is 21.1. The number of carbonyl (C=O) groups is 1. The molecule has 4 fully saturated rings. The Morgan fingerprint density at radius 3 is 2.58 bits per heavy atom. The van der Waals surface area contributed by atoms with E-state index in [-0.39, 0.29) is 34.3 Å². The van der Waals surface area contributed by atoms with Crippen LogP contribution in [0, 0.1) is 5.82 Å². The van der Waals surface area contributed by atoms with Crippen LogP contribution in [0.1, 0.15) is 38.5 Å². The summed E-state index contributed by atoms with van der Waals surface area (Å²) in [5.41, 5.74) is 0.0919. The molecule has 4 saturated heterocycles. The highest BCUT2D eigenvalue weighted by molar-refractivity contribution is 6.30. The van der Waals surface area contributed by atoms with E-state index >= 15 is 0 Å². The molecule has 2 aromatic rings. The zero-order valence-electron chi connectivity index (χ0n) is 18.2. The number of fused-ring (bicyclic) bond motifs is 4. The molecule has 0 spiro atoms. The summed E-state index contributed by atoms with van der Waals surface area (Å²) >= 11 is 5.96. The molecule has 4 aliphatic rings. The second-order valence-electron chi connectivity index (χ2n) is 9.64. The molecule has 2 aromatic heterocycles. The number of nitrogens with zero attached hydrogens (tertiary/aromatic N) is 6. The van der Waals surface area contributed by atoms with Gasteiger partial charge < -0.3 is 14.7 Å². The number of amides is 1. The van der Waals surface area contributed by atoms with Crippen LogP contribution in [0.4, 0.5) is 15.0 Å². The van der Waals surface area contributed by atoms with Crippen molar-refractivity contribution in [3.05, 3.63) is 17.2 Å². The number of rotatable bonds is 4. The van der Waals surface area contributed by atoms with Crippen LogP contribution in [-0.4, -0.2) is 86.4 Å². The Balaban J connectivity index is 1.35. The van der Waals surface area contributed by atoms with Gasteiger partial charge in [0.2, 0.25) is 0 Å². The first-order chi connectivity index (χ1) is 15.9. The Morgan fingerprint density at radius 1 is 1.21 bits per heavy atom. The number of piperazine rings is 1. The van der Waals surface area contributed by atoms with Gasteiger partial charge in [-0.3, -0.25) is 9.80 Å². The van der Waals surface area contributed by atoms with Gasteiger partial charge in [0.15, 0.2) is 11.0 Å². The van der Waals surface area contributed by atoms with Crippen LogP contribution >= 0.6 is 11.6 Å². The maximum atomic E-state index is 15.0. The van der Waals surface area contributed by atoms with Gasteiger partial charge in [0, 0.05) is 19.3 Å². The van der Waals surface area contributed by atoms with E-state index in [0.717, 1.165) is 51.6 Å². The molecule has 2 bridgehead atoms. The fraction of sp³-hybridized carbons (Fsp3) is 0.636. The van der Waals surface area contributed by atoms with Crippen molar-refractivity contribution in [2.24, 2.45) is 0 Å². The van der Waals surface area contributed by atoms with Crippen LogP contribution in [0.25, 0.3) is 10.9 Å². The van der Waals surface area contributed by atoms with Gasteiger partial charge in [-0.2, -0.15) is 9.97 Å². The number of ether oxygens (including phenoxy) is 1. The molecule has 11 heteroatoms. The van der Waals surface area contributed by atoms with Gasteiger partial charge in [0.05, 0.1) is 23.0 Å². The molecule has 6 heterocycles. The second kappa shape index (κ2) is 7.80. The Hall–Kier alpha value is -2.46.